The predicted molar refractivity (Wildman–Crippen MR) is 71.1 cm³/mol. The molecule has 100 valence electrons. The molecule has 2 saturated heterocycles. The molecule has 2 aliphatic heterocycles. The molecule has 0 aromatic carbocycles. The molecule has 17 heavy (non-hydrogen) atoms. The summed E-state index contributed by atoms with van der Waals surface area (Å²) in [5, 5.41) is 12.5. The summed E-state index contributed by atoms with van der Waals surface area (Å²) in [5.41, 5.74) is 0.389. The van der Waals surface area contributed by atoms with Gasteiger partial charge in [0.05, 0.1) is 0 Å². The topological polar surface area (TPSA) is 35.5 Å². The van der Waals surface area contributed by atoms with E-state index >= 15 is 0 Å². The fourth-order valence-electron chi connectivity index (χ4n) is 3.68. The Kier molecular flexibility index (Phi) is 4.45. The van der Waals surface area contributed by atoms with Gasteiger partial charge < -0.3 is 10.4 Å². The van der Waals surface area contributed by atoms with Gasteiger partial charge >= 0.3 is 0 Å². The highest BCUT2D eigenvalue weighted by atomic mass is 16.2. The molecular weight excluding hydrogens is 212 g/mol. The molecule has 0 aromatic heterocycles. The third kappa shape index (κ3) is 3.01. The number of nitrogens with one attached hydrogen (secondary N) is 1. The van der Waals surface area contributed by atoms with E-state index in [0.717, 1.165) is 31.6 Å². The minimum atomic E-state index is 0.347. The van der Waals surface area contributed by atoms with Crippen molar-refractivity contribution in [1.82, 2.24) is 10.2 Å². The van der Waals surface area contributed by atoms with E-state index in [9.17, 15) is 0 Å². The molecule has 3 heteroatoms. The number of likely N-dealkylation sites (tertiary alicyclic amines) is 1. The number of aliphatic hydroxyl groups excluding tert-OH is 1. The molecule has 2 rings (SSSR count). The van der Waals surface area contributed by atoms with Crippen LogP contribution in [0, 0.1) is 5.41 Å². The van der Waals surface area contributed by atoms with Gasteiger partial charge in [0.2, 0.25) is 0 Å². The third-order valence-corrected chi connectivity index (χ3v) is 4.60. The molecule has 0 radical (unpaired) electrons. The molecule has 0 bridgehead atoms. The van der Waals surface area contributed by atoms with Gasteiger partial charge in [0.25, 0.3) is 0 Å². The molecule has 0 aliphatic carbocycles. The maximum atomic E-state index is 9.00. The van der Waals surface area contributed by atoms with Crippen LogP contribution in [0.25, 0.3) is 0 Å². The molecule has 2 N–H and O–H groups in total. The lowest BCUT2D eigenvalue weighted by atomic mass is 9.78. The lowest BCUT2D eigenvalue weighted by Gasteiger charge is -2.46. The Morgan fingerprint density at radius 1 is 1.35 bits per heavy atom. The summed E-state index contributed by atoms with van der Waals surface area (Å²) in [5.74, 6) is 0. The highest BCUT2D eigenvalue weighted by Crippen LogP contribution is 2.35. The van der Waals surface area contributed by atoms with Crippen molar-refractivity contribution >= 4 is 0 Å². The summed E-state index contributed by atoms with van der Waals surface area (Å²) in [7, 11) is 0. The van der Waals surface area contributed by atoms with Gasteiger partial charge in [-0.25, -0.2) is 0 Å². The van der Waals surface area contributed by atoms with E-state index in [1.807, 2.05) is 0 Å². The molecule has 0 spiro atoms. The monoisotopic (exact) mass is 240 g/mol. The van der Waals surface area contributed by atoms with E-state index in [2.05, 4.69) is 24.1 Å². The van der Waals surface area contributed by atoms with Crippen LogP contribution in [0.5, 0.6) is 0 Å². The Bertz CT molecular complexity index is 242. The second-order valence-electron chi connectivity index (χ2n) is 6.37. The average molecular weight is 240 g/mol. The van der Waals surface area contributed by atoms with Crippen LogP contribution >= 0.6 is 0 Å². The number of rotatable bonds is 4. The van der Waals surface area contributed by atoms with Crippen LogP contribution in [0.4, 0.5) is 0 Å². The van der Waals surface area contributed by atoms with Gasteiger partial charge in [0, 0.05) is 25.2 Å². The lowest BCUT2D eigenvalue weighted by Crippen LogP contribution is -2.55. The van der Waals surface area contributed by atoms with Crippen molar-refractivity contribution in [3.05, 3.63) is 0 Å². The van der Waals surface area contributed by atoms with Crippen molar-refractivity contribution in [2.45, 2.75) is 58.0 Å². The zero-order valence-corrected chi connectivity index (χ0v) is 11.4. The first kappa shape index (κ1) is 13.3. The van der Waals surface area contributed by atoms with Gasteiger partial charge in [0.15, 0.2) is 0 Å². The molecule has 0 amide bonds. The molecule has 2 atom stereocenters. The van der Waals surface area contributed by atoms with Crippen LogP contribution in [0.1, 0.15) is 46.0 Å². The second-order valence-corrected chi connectivity index (χ2v) is 6.37. The fraction of sp³-hybridized carbons (Fsp3) is 1.00. The lowest BCUT2D eigenvalue weighted by molar-refractivity contribution is 0.0456. The van der Waals surface area contributed by atoms with Crippen molar-refractivity contribution in [1.29, 1.82) is 0 Å². The number of aliphatic hydroxyl groups is 1. The zero-order chi connectivity index (χ0) is 12.3. The minimum Gasteiger partial charge on any atom is -0.396 e. The molecule has 2 heterocycles. The molecular formula is C14H28N2O. The zero-order valence-electron chi connectivity index (χ0n) is 11.4. The number of hydrogen-bond donors (Lipinski definition) is 2. The summed E-state index contributed by atoms with van der Waals surface area (Å²) in [6.45, 7) is 8.71. The van der Waals surface area contributed by atoms with E-state index in [1.54, 1.807) is 0 Å². The van der Waals surface area contributed by atoms with Crippen LogP contribution in [-0.2, 0) is 0 Å². The van der Waals surface area contributed by atoms with Crippen LogP contribution in [0.2, 0.25) is 0 Å². The fourth-order valence-corrected chi connectivity index (χ4v) is 3.68. The first-order valence-electron chi connectivity index (χ1n) is 7.22. The predicted octanol–water partition coefficient (Wildman–Crippen LogP) is 1.61. The normalized spacial score (nSPS) is 34.1. The van der Waals surface area contributed by atoms with Crippen molar-refractivity contribution in [3.63, 3.8) is 0 Å². The Balaban J connectivity index is 1.98. The van der Waals surface area contributed by atoms with Gasteiger partial charge in [-0.1, -0.05) is 13.8 Å². The molecule has 2 aliphatic rings. The van der Waals surface area contributed by atoms with E-state index in [4.69, 9.17) is 5.11 Å². The maximum Gasteiger partial charge on any atom is 0.0431 e. The summed E-state index contributed by atoms with van der Waals surface area (Å²) >= 11 is 0. The molecule has 3 nitrogen and oxygen atoms in total. The molecule has 2 unspecified atom stereocenters. The summed E-state index contributed by atoms with van der Waals surface area (Å²) in [6, 6.07) is 1.46. The Morgan fingerprint density at radius 3 is 2.88 bits per heavy atom. The second kappa shape index (κ2) is 5.68. The average Bonchev–Trinajstić information content (AvgIpc) is 2.73. The van der Waals surface area contributed by atoms with Gasteiger partial charge in [0.1, 0.15) is 0 Å². The Morgan fingerprint density at radius 2 is 2.18 bits per heavy atom. The Labute approximate surface area is 106 Å². The first-order chi connectivity index (χ1) is 8.15. The van der Waals surface area contributed by atoms with Gasteiger partial charge in [-0.3, -0.25) is 4.90 Å². The Hall–Kier alpha value is -0.120. The highest BCUT2D eigenvalue weighted by molar-refractivity contribution is 4.96. The van der Waals surface area contributed by atoms with E-state index in [0.29, 0.717) is 12.0 Å². The van der Waals surface area contributed by atoms with Crippen molar-refractivity contribution in [2.75, 3.05) is 26.2 Å². The standard InChI is InChI=1S/C14H28N2O/c1-14(2)11-15-8-7-13(14)16-9-3-5-12(16)6-4-10-17/h12-13,15,17H,3-11H2,1-2H3. The van der Waals surface area contributed by atoms with Gasteiger partial charge in [-0.15, -0.1) is 0 Å². The maximum absolute atomic E-state index is 9.00. The largest absolute Gasteiger partial charge is 0.396 e. The number of piperidine rings is 1. The summed E-state index contributed by atoms with van der Waals surface area (Å²) in [6.07, 6.45) is 6.10. The van der Waals surface area contributed by atoms with Gasteiger partial charge in [-0.2, -0.15) is 0 Å². The van der Waals surface area contributed by atoms with Crippen molar-refractivity contribution in [2.24, 2.45) is 5.41 Å². The van der Waals surface area contributed by atoms with Crippen molar-refractivity contribution < 1.29 is 5.11 Å². The number of nitrogens with zero attached hydrogens (tertiary/aromatic N) is 1. The van der Waals surface area contributed by atoms with Crippen LogP contribution in [-0.4, -0.2) is 48.3 Å². The SMILES string of the molecule is CC1(C)CNCCC1N1CCCC1CCCO. The quantitative estimate of drug-likeness (QED) is 0.784. The van der Waals surface area contributed by atoms with E-state index < -0.39 is 0 Å². The van der Waals surface area contributed by atoms with Crippen molar-refractivity contribution in [3.8, 4) is 0 Å². The van der Waals surface area contributed by atoms with Crippen LogP contribution in [0.15, 0.2) is 0 Å². The molecule has 0 saturated carbocycles. The molecule has 0 aromatic rings. The number of hydrogen-bond acceptors (Lipinski definition) is 3. The minimum absolute atomic E-state index is 0.347. The van der Waals surface area contributed by atoms with Gasteiger partial charge in [-0.05, 0) is 50.6 Å². The third-order valence-electron chi connectivity index (χ3n) is 4.60. The highest BCUT2D eigenvalue weighted by Gasteiger charge is 2.40. The smallest absolute Gasteiger partial charge is 0.0431 e. The van der Waals surface area contributed by atoms with Crippen LogP contribution < -0.4 is 5.32 Å². The summed E-state index contributed by atoms with van der Waals surface area (Å²) in [4.78, 5) is 2.75. The summed E-state index contributed by atoms with van der Waals surface area (Å²) < 4.78 is 0. The van der Waals surface area contributed by atoms with E-state index in [1.165, 1.54) is 32.2 Å². The van der Waals surface area contributed by atoms with Crippen LogP contribution in [0.3, 0.4) is 0 Å². The van der Waals surface area contributed by atoms with E-state index in [-0.39, 0.29) is 0 Å². The molecule has 2 fully saturated rings. The first-order valence-corrected chi connectivity index (χ1v) is 7.22.